The molecule has 170 valence electrons. The second kappa shape index (κ2) is 8.91. The highest BCUT2D eigenvalue weighted by atomic mass is 16.5. The van der Waals surface area contributed by atoms with Crippen molar-refractivity contribution in [1.82, 2.24) is 5.32 Å². The van der Waals surface area contributed by atoms with Gasteiger partial charge < -0.3 is 19.5 Å². The summed E-state index contributed by atoms with van der Waals surface area (Å²) in [7, 11) is 3.19. The Bertz CT molecular complexity index is 1140. The third-order valence-electron chi connectivity index (χ3n) is 7.03. The Morgan fingerprint density at radius 3 is 2.33 bits per heavy atom. The van der Waals surface area contributed by atoms with Gasteiger partial charge in [0.05, 0.1) is 20.1 Å². The maximum atomic E-state index is 14.3. The number of ketones is 1. The van der Waals surface area contributed by atoms with E-state index in [9.17, 15) is 4.79 Å². The number of piperidine rings is 1. The van der Waals surface area contributed by atoms with E-state index in [1.165, 1.54) is 0 Å². The number of para-hydroxylation sites is 1. The van der Waals surface area contributed by atoms with E-state index in [4.69, 9.17) is 14.2 Å². The Kier molecular flexibility index (Phi) is 5.81. The molecule has 3 aromatic carbocycles. The van der Waals surface area contributed by atoms with E-state index in [2.05, 4.69) is 23.5 Å². The molecule has 0 saturated carbocycles. The molecule has 1 saturated heterocycles. The van der Waals surface area contributed by atoms with Crippen LogP contribution in [0.4, 0.5) is 0 Å². The molecular weight excluding hydrogens is 414 g/mol. The van der Waals surface area contributed by atoms with Gasteiger partial charge in [-0.3, -0.25) is 4.79 Å². The predicted molar refractivity (Wildman–Crippen MR) is 128 cm³/mol. The fourth-order valence-electron chi connectivity index (χ4n) is 5.45. The van der Waals surface area contributed by atoms with Crippen LogP contribution in [0.5, 0.6) is 17.2 Å². The highest BCUT2D eigenvalue weighted by molar-refractivity contribution is 6.00. The predicted octanol–water partition coefficient (Wildman–Crippen LogP) is 4.85. The number of carbonyl (C=O) groups is 1. The van der Waals surface area contributed by atoms with Crippen LogP contribution in [0, 0.1) is 5.92 Å². The zero-order chi connectivity index (χ0) is 22.8. The van der Waals surface area contributed by atoms with Crippen molar-refractivity contribution in [2.24, 2.45) is 5.92 Å². The first-order valence-corrected chi connectivity index (χ1v) is 11.5. The van der Waals surface area contributed by atoms with Crippen molar-refractivity contribution in [1.29, 1.82) is 0 Å². The Hall–Kier alpha value is -3.31. The zero-order valence-corrected chi connectivity index (χ0v) is 19.0. The molecule has 3 aromatic rings. The fourth-order valence-corrected chi connectivity index (χ4v) is 5.45. The Balaban J connectivity index is 1.69. The summed E-state index contributed by atoms with van der Waals surface area (Å²) in [6.45, 7) is 1.64. The highest BCUT2D eigenvalue weighted by Gasteiger charge is 2.54. The van der Waals surface area contributed by atoms with Crippen LogP contribution in [0.1, 0.15) is 40.2 Å². The SMILES string of the molecule is COc1ccc(C(=O)C2C(c3ccccc3)c3ccccc3OC23CCNCC3)cc1OC. The van der Waals surface area contributed by atoms with Crippen molar-refractivity contribution >= 4 is 5.78 Å². The average molecular weight is 444 g/mol. The van der Waals surface area contributed by atoms with Gasteiger partial charge in [0.2, 0.25) is 0 Å². The number of carbonyl (C=O) groups excluding carboxylic acids is 1. The van der Waals surface area contributed by atoms with E-state index in [0.717, 1.165) is 42.8 Å². The van der Waals surface area contributed by atoms with E-state index >= 15 is 0 Å². The van der Waals surface area contributed by atoms with Crippen molar-refractivity contribution in [3.05, 3.63) is 89.5 Å². The lowest BCUT2D eigenvalue weighted by molar-refractivity contribution is -0.0294. The summed E-state index contributed by atoms with van der Waals surface area (Å²) in [5.74, 6) is 1.64. The molecule has 1 fully saturated rings. The number of ether oxygens (including phenoxy) is 3. The first kappa shape index (κ1) is 21.5. The third-order valence-corrected chi connectivity index (χ3v) is 7.03. The lowest BCUT2D eigenvalue weighted by atomic mass is 9.64. The number of hydrogen-bond acceptors (Lipinski definition) is 5. The Morgan fingerprint density at radius 1 is 0.909 bits per heavy atom. The van der Waals surface area contributed by atoms with E-state index < -0.39 is 5.60 Å². The minimum atomic E-state index is -0.579. The van der Waals surface area contributed by atoms with E-state index in [-0.39, 0.29) is 17.6 Å². The maximum absolute atomic E-state index is 14.3. The first-order chi connectivity index (χ1) is 16.2. The van der Waals surface area contributed by atoms with Crippen LogP contribution >= 0.6 is 0 Å². The average Bonchev–Trinajstić information content (AvgIpc) is 2.88. The van der Waals surface area contributed by atoms with E-state index in [1.807, 2.05) is 42.5 Å². The number of methoxy groups -OCH3 is 2. The number of fused-ring (bicyclic) bond motifs is 1. The van der Waals surface area contributed by atoms with Gasteiger partial charge in [-0.2, -0.15) is 0 Å². The summed E-state index contributed by atoms with van der Waals surface area (Å²) in [5, 5.41) is 3.44. The molecule has 2 aliphatic heterocycles. The second-order valence-electron chi connectivity index (χ2n) is 8.75. The minimum absolute atomic E-state index is 0.0706. The van der Waals surface area contributed by atoms with Crippen LogP contribution in [-0.4, -0.2) is 38.7 Å². The van der Waals surface area contributed by atoms with Gasteiger partial charge in [-0.25, -0.2) is 0 Å². The molecule has 5 rings (SSSR count). The monoisotopic (exact) mass is 443 g/mol. The van der Waals surface area contributed by atoms with Gasteiger partial charge in [0.25, 0.3) is 0 Å². The number of hydrogen-bond donors (Lipinski definition) is 1. The van der Waals surface area contributed by atoms with Gasteiger partial charge in [-0.1, -0.05) is 48.5 Å². The molecule has 2 unspecified atom stereocenters. The minimum Gasteiger partial charge on any atom is -0.493 e. The molecule has 1 spiro atoms. The molecule has 2 aliphatic rings. The molecule has 2 atom stereocenters. The van der Waals surface area contributed by atoms with Crippen LogP contribution in [0.25, 0.3) is 0 Å². The van der Waals surface area contributed by atoms with Gasteiger partial charge >= 0.3 is 0 Å². The van der Waals surface area contributed by atoms with E-state index in [0.29, 0.717) is 17.1 Å². The van der Waals surface area contributed by atoms with Gasteiger partial charge in [-0.15, -0.1) is 0 Å². The Morgan fingerprint density at radius 2 is 1.61 bits per heavy atom. The normalized spacial score (nSPS) is 21.0. The van der Waals surface area contributed by atoms with Crippen molar-refractivity contribution in [2.75, 3.05) is 27.3 Å². The topological polar surface area (TPSA) is 56.8 Å². The van der Waals surface area contributed by atoms with Crippen LogP contribution < -0.4 is 19.5 Å². The largest absolute Gasteiger partial charge is 0.493 e. The summed E-state index contributed by atoms with van der Waals surface area (Å²) in [5.41, 5.74) is 2.22. The quantitative estimate of drug-likeness (QED) is 0.572. The van der Waals surface area contributed by atoms with Crippen LogP contribution in [0.15, 0.2) is 72.8 Å². The number of Topliss-reactive ketones (excluding diaryl/α,β-unsaturated/α-hetero) is 1. The lowest BCUT2D eigenvalue weighted by Crippen LogP contribution is -2.57. The van der Waals surface area contributed by atoms with Crippen LogP contribution in [-0.2, 0) is 0 Å². The highest BCUT2D eigenvalue weighted by Crippen LogP contribution is 2.52. The molecule has 33 heavy (non-hydrogen) atoms. The lowest BCUT2D eigenvalue weighted by Gasteiger charge is -2.50. The summed E-state index contributed by atoms with van der Waals surface area (Å²) in [6, 6.07) is 23.9. The molecule has 0 amide bonds. The van der Waals surface area contributed by atoms with Crippen molar-refractivity contribution in [2.45, 2.75) is 24.4 Å². The summed E-state index contributed by atoms with van der Waals surface area (Å²) < 4.78 is 17.6. The van der Waals surface area contributed by atoms with Crippen LogP contribution in [0.2, 0.25) is 0 Å². The third kappa shape index (κ3) is 3.76. The molecular formula is C28H29NO4. The van der Waals surface area contributed by atoms with Crippen molar-refractivity contribution < 1.29 is 19.0 Å². The first-order valence-electron chi connectivity index (χ1n) is 11.5. The second-order valence-corrected chi connectivity index (χ2v) is 8.75. The maximum Gasteiger partial charge on any atom is 0.171 e. The summed E-state index contributed by atoms with van der Waals surface area (Å²) in [6.07, 6.45) is 1.54. The molecule has 0 bridgehead atoms. The smallest absolute Gasteiger partial charge is 0.171 e. The van der Waals surface area contributed by atoms with Crippen molar-refractivity contribution in [3.63, 3.8) is 0 Å². The Labute approximate surface area is 194 Å². The van der Waals surface area contributed by atoms with Gasteiger partial charge in [0.1, 0.15) is 11.4 Å². The summed E-state index contributed by atoms with van der Waals surface area (Å²) in [4.78, 5) is 14.3. The molecule has 0 radical (unpaired) electrons. The number of nitrogens with one attached hydrogen (secondary N) is 1. The molecule has 2 heterocycles. The standard InChI is InChI=1S/C28H29NO4/c1-31-23-13-12-20(18-24(23)32-2)27(30)26-25(19-8-4-3-5-9-19)21-10-6-7-11-22(21)33-28(26)14-16-29-17-15-28/h3-13,18,25-26,29H,14-17H2,1-2H3. The van der Waals surface area contributed by atoms with Gasteiger partial charge in [0.15, 0.2) is 17.3 Å². The van der Waals surface area contributed by atoms with Crippen molar-refractivity contribution in [3.8, 4) is 17.2 Å². The molecule has 0 aliphatic carbocycles. The molecule has 5 nitrogen and oxygen atoms in total. The molecule has 1 N–H and O–H groups in total. The van der Waals surface area contributed by atoms with Gasteiger partial charge in [-0.05, 0) is 42.9 Å². The number of benzene rings is 3. The van der Waals surface area contributed by atoms with Crippen LogP contribution in [0.3, 0.4) is 0 Å². The number of rotatable bonds is 5. The fraction of sp³-hybridized carbons (Fsp3) is 0.321. The zero-order valence-electron chi connectivity index (χ0n) is 19.0. The van der Waals surface area contributed by atoms with Gasteiger partial charge in [0, 0.05) is 29.9 Å². The molecule has 0 aromatic heterocycles. The molecule has 5 heteroatoms. The summed E-state index contributed by atoms with van der Waals surface area (Å²) >= 11 is 0. The van der Waals surface area contributed by atoms with E-state index in [1.54, 1.807) is 26.4 Å².